The first-order valence-corrected chi connectivity index (χ1v) is 9.45. The first kappa shape index (κ1) is 20.6. The number of nitrogens with zero attached hydrogens (tertiary/aromatic N) is 1. The van der Waals surface area contributed by atoms with E-state index in [-0.39, 0.29) is 43.7 Å². The number of hydrogen-bond acceptors (Lipinski definition) is 4. The summed E-state index contributed by atoms with van der Waals surface area (Å²) in [6, 6.07) is 9.79. The molecule has 4 rings (SSSR count). The van der Waals surface area contributed by atoms with Gasteiger partial charge < -0.3 is 19.7 Å². The lowest BCUT2D eigenvalue weighted by Gasteiger charge is -2.17. The fourth-order valence-electron chi connectivity index (χ4n) is 3.38. The minimum absolute atomic E-state index is 0.0379. The number of amides is 2. The maximum Gasteiger partial charge on any atom is 0.416 e. The molecule has 6 nitrogen and oxygen atoms in total. The van der Waals surface area contributed by atoms with Crippen LogP contribution >= 0.6 is 0 Å². The van der Waals surface area contributed by atoms with Crippen molar-refractivity contribution in [1.29, 1.82) is 0 Å². The van der Waals surface area contributed by atoms with Crippen molar-refractivity contribution in [3.05, 3.63) is 53.6 Å². The Labute approximate surface area is 175 Å². The predicted molar refractivity (Wildman–Crippen MR) is 104 cm³/mol. The maximum absolute atomic E-state index is 12.7. The predicted octanol–water partition coefficient (Wildman–Crippen LogP) is 2.95. The summed E-state index contributed by atoms with van der Waals surface area (Å²) in [5.74, 6) is 5.31. The Morgan fingerprint density at radius 2 is 1.97 bits per heavy atom. The van der Waals surface area contributed by atoms with Gasteiger partial charge in [-0.1, -0.05) is 17.9 Å². The number of ether oxygens (including phenoxy) is 2. The third-order valence-corrected chi connectivity index (χ3v) is 4.94. The van der Waals surface area contributed by atoms with Crippen LogP contribution in [0.15, 0.2) is 42.5 Å². The number of rotatable bonds is 3. The first-order chi connectivity index (χ1) is 14.8. The average Bonchev–Trinajstić information content (AvgIpc) is 3.36. The number of alkyl halides is 3. The van der Waals surface area contributed by atoms with E-state index in [1.54, 1.807) is 18.2 Å². The van der Waals surface area contributed by atoms with Crippen LogP contribution in [0.25, 0.3) is 0 Å². The standard InChI is InChI=1S/C22H17F3N2O4/c23-22(24,25)16-5-1-3-14(9-16)4-2-8-26-21(29)15-10-20(28)27(12-15)17-6-7-18-19(11-17)31-13-30-18/h1,3,5-7,9,11,15H,8,10,12-13H2,(H,26,29)/t15-/m1/s1. The molecule has 1 atom stereocenters. The van der Waals surface area contributed by atoms with Crippen LogP contribution in [0.1, 0.15) is 17.5 Å². The first-order valence-electron chi connectivity index (χ1n) is 9.45. The van der Waals surface area contributed by atoms with Crippen LogP contribution in [0, 0.1) is 17.8 Å². The summed E-state index contributed by atoms with van der Waals surface area (Å²) in [5.41, 5.74) is 0.0411. The van der Waals surface area contributed by atoms with E-state index < -0.39 is 17.7 Å². The van der Waals surface area contributed by atoms with E-state index in [2.05, 4.69) is 17.2 Å². The topological polar surface area (TPSA) is 67.9 Å². The monoisotopic (exact) mass is 430 g/mol. The molecular weight excluding hydrogens is 413 g/mol. The smallest absolute Gasteiger partial charge is 0.416 e. The summed E-state index contributed by atoms with van der Waals surface area (Å²) in [4.78, 5) is 26.3. The van der Waals surface area contributed by atoms with Gasteiger partial charge in [0.05, 0.1) is 18.0 Å². The van der Waals surface area contributed by atoms with Crippen LogP contribution < -0.4 is 19.7 Å². The molecule has 0 bridgehead atoms. The number of fused-ring (bicyclic) bond motifs is 1. The van der Waals surface area contributed by atoms with E-state index in [0.717, 1.165) is 12.1 Å². The normalized spacial score (nSPS) is 17.3. The van der Waals surface area contributed by atoms with Gasteiger partial charge in [-0.25, -0.2) is 0 Å². The summed E-state index contributed by atoms with van der Waals surface area (Å²) >= 11 is 0. The molecule has 0 spiro atoms. The molecule has 2 aliphatic rings. The zero-order valence-corrected chi connectivity index (χ0v) is 16.2. The molecule has 31 heavy (non-hydrogen) atoms. The van der Waals surface area contributed by atoms with Gasteiger partial charge in [-0.3, -0.25) is 9.59 Å². The molecule has 2 amide bonds. The Kier molecular flexibility index (Phi) is 5.46. The molecule has 0 aliphatic carbocycles. The molecule has 0 aromatic heterocycles. The Morgan fingerprint density at radius 1 is 1.16 bits per heavy atom. The van der Waals surface area contributed by atoms with Crippen LogP contribution in [-0.2, 0) is 15.8 Å². The van der Waals surface area contributed by atoms with Crippen molar-refractivity contribution >= 4 is 17.5 Å². The summed E-state index contributed by atoms with van der Waals surface area (Å²) < 4.78 is 48.8. The van der Waals surface area contributed by atoms with Gasteiger partial charge in [0.15, 0.2) is 11.5 Å². The molecular formula is C22H17F3N2O4. The fourth-order valence-corrected chi connectivity index (χ4v) is 3.38. The lowest BCUT2D eigenvalue weighted by atomic mass is 10.1. The summed E-state index contributed by atoms with van der Waals surface area (Å²) in [6.07, 6.45) is -4.38. The lowest BCUT2D eigenvalue weighted by molar-refractivity contribution is -0.137. The average molecular weight is 430 g/mol. The molecule has 2 heterocycles. The Bertz CT molecular complexity index is 1090. The van der Waals surface area contributed by atoms with Gasteiger partial charge in [-0.15, -0.1) is 0 Å². The fraction of sp³-hybridized carbons (Fsp3) is 0.273. The molecule has 1 N–H and O–H groups in total. The van der Waals surface area contributed by atoms with Crippen LogP contribution in [-0.4, -0.2) is 31.7 Å². The third kappa shape index (κ3) is 4.58. The molecule has 0 radical (unpaired) electrons. The van der Waals surface area contributed by atoms with Gasteiger partial charge in [0, 0.05) is 30.3 Å². The molecule has 1 saturated heterocycles. The van der Waals surface area contributed by atoms with Crippen molar-refractivity contribution in [2.45, 2.75) is 12.6 Å². The molecule has 1 fully saturated rings. The van der Waals surface area contributed by atoms with Gasteiger partial charge in [-0.05, 0) is 30.3 Å². The molecule has 160 valence electrons. The number of nitrogens with one attached hydrogen (secondary N) is 1. The van der Waals surface area contributed by atoms with Gasteiger partial charge in [0.2, 0.25) is 18.6 Å². The maximum atomic E-state index is 12.7. The molecule has 2 aromatic rings. The lowest BCUT2D eigenvalue weighted by Crippen LogP contribution is -2.33. The second-order valence-electron chi connectivity index (χ2n) is 7.04. The van der Waals surface area contributed by atoms with Crippen molar-refractivity contribution in [3.63, 3.8) is 0 Å². The van der Waals surface area contributed by atoms with Crippen LogP contribution in [0.4, 0.5) is 18.9 Å². The second-order valence-corrected chi connectivity index (χ2v) is 7.04. The Hall–Kier alpha value is -3.67. The third-order valence-electron chi connectivity index (χ3n) is 4.94. The number of benzene rings is 2. The number of halogens is 3. The highest BCUT2D eigenvalue weighted by Gasteiger charge is 2.35. The van der Waals surface area contributed by atoms with Crippen molar-refractivity contribution in [1.82, 2.24) is 5.32 Å². The SMILES string of the molecule is O=C(NCC#Cc1cccc(C(F)(F)F)c1)[C@@H]1CC(=O)N(c2ccc3c(c2)OCO3)C1. The Morgan fingerprint density at radius 3 is 2.77 bits per heavy atom. The largest absolute Gasteiger partial charge is 0.454 e. The molecule has 0 saturated carbocycles. The highest BCUT2D eigenvalue weighted by Crippen LogP contribution is 2.37. The van der Waals surface area contributed by atoms with Gasteiger partial charge >= 0.3 is 6.18 Å². The number of anilines is 1. The summed E-state index contributed by atoms with van der Waals surface area (Å²) in [6.45, 7) is 0.300. The minimum Gasteiger partial charge on any atom is -0.454 e. The molecule has 9 heteroatoms. The van der Waals surface area contributed by atoms with Gasteiger partial charge in [0.25, 0.3) is 0 Å². The quantitative estimate of drug-likeness (QED) is 0.761. The molecule has 2 aromatic carbocycles. The highest BCUT2D eigenvalue weighted by molar-refractivity contribution is 6.00. The molecule has 2 aliphatic heterocycles. The van der Waals surface area contributed by atoms with Crippen molar-refractivity contribution < 1.29 is 32.2 Å². The van der Waals surface area contributed by atoms with Crippen LogP contribution in [0.3, 0.4) is 0 Å². The van der Waals surface area contributed by atoms with Crippen molar-refractivity contribution in [2.24, 2.45) is 5.92 Å². The van der Waals surface area contributed by atoms with E-state index in [0.29, 0.717) is 17.2 Å². The highest BCUT2D eigenvalue weighted by atomic mass is 19.4. The summed E-state index contributed by atoms with van der Waals surface area (Å²) in [5, 5.41) is 2.62. The van der Waals surface area contributed by atoms with Gasteiger partial charge in [-0.2, -0.15) is 13.2 Å². The van der Waals surface area contributed by atoms with E-state index in [1.807, 2.05) is 0 Å². The number of carbonyl (C=O) groups excluding carboxylic acids is 2. The van der Waals surface area contributed by atoms with Crippen molar-refractivity contribution in [2.75, 3.05) is 24.8 Å². The Balaban J connectivity index is 1.33. The van der Waals surface area contributed by atoms with E-state index in [4.69, 9.17) is 9.47 Å². The van der Waals surface area contributed by atoms with E-state index >= 15 is 0 Å². The summed E-state index contributed by atoms with van der Waals surface area (Å²) in [7, 11) is 0. The zero-order chi connectivity index (χ0) is 22.0. The number of carbonyl (C=O) groups is 2. The molecule has 0 unspecified atom stereocenters. The van der Waals surface area contributed by atoms with Crippen LogP contribution in [0.2, 0.25) is 0 Å². The minimum atomic E-state index is -4.44. The second kappa shape index (κ2) is 8.22. The van der Waals surface area contributed by atoms with E-state index in [1.165, 1.54) is 17.0 Å². The zero-order valence-electron chi connectivity index (χ0n) is 16.2. The van der Waals surface area contributed by atoms with Crippen molar-refractivity contribution in [3.8, 4) is 23.3 Å². The van der Waals surface area contributed by atoms with Crippen LogP contribution in [0.5, 0.6) is 11.5 Å². The van der Waals surface area contributed by atoms with E-state index in [9.17, 15) is 22.8 Å². The number of hydrogen-bond donors (Lipinski definition) is 1. The van der Waals surface area contributed by atoms with Gasteiger partial charge in [0.1, 0.15) is 0 Å².